The van der Waals surface area contributed by atoms with Crippen molar-refractivity contribution in [3.05, 3.63) is 0 Å². The summed E-state index contributed by atoms with van der Waals surface area (Å²) in [6.07, 6.45) is 5.10. The number of nitrogens with zero attached hydrogens (tertiary/aromatic N) is 2. The van der Waals surface area contributed by atoms with Gasteiger partial charge in [0.1, 0.15) is 0 Å². The van der Waals surface area contributed by atoms with Crippen LogP contribution in [0.15, 0.2) is 0 Å². The lowest BCUT2D eigenvalue weighted by molar-refractivity contribution is -0.143. The molecular weight excluding hydrogens is 242 g/mol. The molecule has 0 saturated carbocycles. The highest BCUT2D eigenvalue weighted by atomic mass is 16.2. The highest BCUT2D eigenvalue weighted by Crippen LogP contribution is 2.14. The molecule has 0 aliphatic carbocycles. The van der Waals surface area contributed by atoms with Gasteiger partial charge in [-0.05, 0) is 38.6 Å². The Labute approximate surface area is 115 Å². The van der Waals surface area contributed by atoms with Gasteiger partial charge in [0.05, 0.1) is 12.6 Å². The van der Waals surface area contributed by atoms with Crippen LogP contribution in [0, 0.1) is 0 Å². The molecule has 0 aromatic rings. The second-order valence-corrected chi connectivity index (χ2v) is 5.50. The first kappa shape index (κ1) is 14.3. The Kier molecular flexibility index (Phi) is 5.19. The van der Waals surface area contributed by atoms with E-state index in [-0.39, 0.29) is 24.4 Å². The summed E-state index contributed by atoms with van der Waals surface area (Å²) in [5.41, 5.74) is 0. The molecule has 5 heteroatoms. The van der Waals surface area contributed by atoms with Gasteiger partial charge in [0, 0.05) is 19.6 Å². The number of rotatable bonds is 5. The normalized spacial score (nSPS) is 24.1. The van der Waals surface area contributed by atoms with Crippen LogP contribution in [0.5, 0.6) is 0 Å². The fourth-order valence-corrected chi connectivity index (χ4v) is 2.84. The van der Waals surface area contributed by atoms with E-state index in [2.05, 4.69) is 12.2 Å². The third-order valence-electron chi connectivity index (χ3n) is 3.96. The van der Waals surface area contributed by atoms with Crippen LogP contribution in [-0.4, -0.2) is 60.4 Å². The number of piperidine rings is 1. The third-order valence-corrected chi connectivity index (χ3v) is 3.96. The second kappa shape index (κ2) is 6.89. The van der Waals surface area contributed by atoms with E-state index in [1.54, 1.807) is 4.90 Å². The molecule has 0 aromatic heterocycles. The molecule has 2 aliphatic heterocycles. The zero-order valence-electron chi connectivity index (χ0n) is 11.9. The summed E-state index contributed by atoms with van der Waals surface area (Å²) in [6, 6.07) is -0.0833. The van der Waals surface area contributed by atoms with E-state index in [1.807, 2.05) is 4.90 Å². The van der Waals surface area contributed by atoms with Gasteiger partial charge in [0.15, 0.2) is 0 Å². The predicted octanol–water partition coefficient (Wildman–Crippen LogP) is 0.599. The lowest BCUT2D eigenvalue weighted by Crippen LogP contribution is -2.53. The molecule has 2 rings (SSSR count). The highest BCUT2D eigenvalue weighted by molar-refractivity contribution is 5.88. The maximum atomic E-state index is 12.3. The van der Waals surface area contributed by atoms with Crippen LogP contribution in [0.4, 0.5) is 0 Å². The van der Waals surface area contributed by atoms with Crippen molar-refractivity contribution in [3.8, 4) is 0 Å². The lowest BCUT2D eigenvalue weighted by Gasteiger charge is -2.33. The van der Waals surface area contributed by atoms with Crippen molar-refractivity contribution in [2.24, 2.45) is 0 Å². The molecule has 0 bridgehead atoms. The van der Waals surface area contributed by atoms with Crippen molar-refractivity contribution in [2.45, 2.75) is 45.1 Å². The van der Waals surface area contributed by atoms with Gasteiger partial charge in [0.25, 0.3) is 0 Å². The van der Waals surface area contributed by atoms with Gasteiger partial charge >= 0.3 is 0 Å². The Morgan fingerprint density at radius 1 is 1.26 bits per heavy atom. The lowest BCUT2D eigenvalue weighted by atomic mass is 10.0. The molecule has 1 atom stereocenters. The summed E-state index contributed by atoms with van der Waals surface area (Å²) in [5.74, 6) is 0.217. The standard InChI is InChI=1S/C14H25N3O2/c1-2-7-15-12-6-5-10-17(14(12)19)11-13(18)16-8-3-4-9-16/h12,15H,2-11H2,1H3. The first-order valence-corrected chi connectivity index (χ1v) is 7.52. The smallest absolute Gasteiger partial charge is 0.242 e. The van der Waals surface area contributed by atoms with Crippen molar-refractivity contribution >= 4 is 11.8 Å². The van der Waals surface area contributed by atoms with Crippen LogP contribution in [-0.2, 0) is 9.59 Å². The zero-order valence-corrected chi connectivity index (χ0v) is 11.9. The Bertz CT molecular complexity index is 327. The molecule has 2 aliphatic rings. The summed E-state index contributed by atoms with van der Waals surface area (Å²) in [7, 11) is 0. The molecule has 0 spiro atoms. The number of hydrogen-bond acceptors (Lipinski definition) is 3. The first-order valence-electron chi connectivity index (χ1n) is 7.52. The summed E-state index contributed by atoms with van der Waals surface area (Å²) in [4.78, 5) is 28.0. The van der Waals surface area contributed by atoms with E-state index < -0.39 is 0 Å². The van der Waals surface area contributed by atoms with Gasteiger partial charge in [0.2, 0.25) is 11.8 Å². The summed E-state index contributed by atoms with van der Waals surface area (Å²) >= 11 is 0. The second-order valence-electron chi connectivity index (χ2n) is 5.50. The number of likely N-dealkylation sites (tertiary alicyclic amines) is 2. The molecule has 0 aromatic carbocycles. The van der Waals surface area contributed by atoms with Crippen molar-refractivity contribution in [1.82, 2.24) is 15.1 Å². The maximum absolute atomic E-state index is 12.3. The minimum atomic E-state index is -0.0833. The molecule has 2 saturated heterocycles. The Morgan fingerprint density at radius 3 is 2.68 bits per heavy atom. The molecule has 2 amide bonds. The summed E-state index contributed by atoms with van der Waals surface area (Å²) in [5, 5.41) is 3.28. The average Bonchev–Trinajstić information content (AvgIpc) is 2.94. The van der Waals surface area contributed by atoms with Gasteiger partial charge in [-0.15, -0.1) is 0 Å². The van der Waals surface area contributed by atoms with Crippen LogP contribution in [0.3, 0.4) is 0 Å². The minimum absolute atomic E-state index is 0.0833. The Morgan fingerprint density at radius 2 is 2.00 bits per heavy atom. The first-order chi connectivity index (χ1) is 9.22. The van der Waals surface area contributed by atoms with Gasteiger partial charge in [-0.1, -0.05) is 6.92 Å². The van der Waals surface area contributed by atoms with E-state index in [9.17, 15) is 9.59 Å². The van der Waals surface area contributed by atoms with Crippen molar-refractivity contribution in [2.75, 3.05) is 32.7 Å². The molecule has 5 nitrogen and oxygen atoms in total. The topological polar surface area (TPSA) is 52.7 Å². The highest BCUT2D eigenvalue weighted by Gasteiger charge is 2.30. The number of carbonyl (C=O) groups is 2. The van der Waals surface area contributed by atoms with Crippen molar-refractivity contribution < 1.29 is 9.59 Å². The SMILES string of the molecule is CCCNC1CCCN(CC(=O)N2CCCC2)C1=O. The molecule has 1 unspecified atom stereocenters. The number of hydrogen-bond donors (Lipinski definition) is 1. The maximum Gasteiger partial charge on any atom is 0.242 e. The van der Waals surface area contributed by atoms with E-state index in [0.717, 1.165) is 58.3 Å². The van der Waals surface area contributed by atoms with Crippen molar-refractivity contribution in [1.29, 1.82) is 0 Å². The number of nitrogens with one attached hydrogen (secondary N) is 1. The predicted molar refractivity (Wildman–Crippen MR) is 73.7 cm³/mol. The van der Waals surface area contributed by atoms with Crippen LogP contribution in [0.1, 0.15) is 39.0 Å². The van der Waals surface area contributed by atoms with E-state index in [1.165, 1.54) is 0 Å². The quantitative estimate of drug-likeness (QED) is 0.793. The van der Waals surface area contributed by atoms with Gasteiger partial charge in [-0.25, -0.2) is 0 Å². The fourth-order valence-electron chi connectivity index (χ4n) is 2.84. The zero-order chi connectivity index (χ0) is 13.7. The number of carbonyl (C=O) groups excluding carboxylic acids is 2. The van der Waals surface area contributed by atoms with Crippen LogP contribution < -0.4 is 5.32 Å². The largest absolute Gasteiger partial charge is 0.341 e. The monoisotopic (exact) mass is 267 g/mol. The molecule has 2 heterocycles. The molecule has 1 N–H and O–H groups in total. The van der Waals surface area contributed by atoms with Crippen LogP contribution in [0.2, 0.25) is 0 Å². The molecule has 19 heavy (non-hydrogen) atoms. The number of amides is 2. The Balaban J connectivity index is 1.84. The van der Waals surface area contributed by atoms with E-state index >= 15 is 0 Å². The molecule has 2 fully saturated rings. The summed E-state index contributed by atoms with van der Waals surface area (Å²) < 4.78 is 0. The fraction of sp³-hybridized carbons (Fsp3) is 0.857. The van der Waals surface area contributed by atoms with Crippen LogP contribution in [0.25, 0.3) is 0 Å². The average molecular weight is 267 g/mol. The van der Waals surface area contributed by atoms with E-state index in [4.69, 9.17) is 0 Å². The van der Waals surface area contributed by atoms with Gasteiger partial charge in [-0.2, -0.15) is 0 Å². The third kappa shape index (κ3) is 3.69. The van der Waals surface area contributed by atoms with Crippen molar-refractivity contribution in [3.63, 3.8) is 0 Å². The molecule has 108 valence electrons. The van der Waals surface area contributed by atoms with Crippen LogP contribution >= 0.6 is 0 Å². The molecular formula is C14H25N3O2. The minimum Gasteiger partial charge on any atom is -0.341 e. The van der Waals surface area contributed by atoms with Gasteiger partial charge in [-0.3, -0.25) is 9.59 Å². The summed E-state index contributed by atoms with van der Waals surface area (Å²) in [6.45, 7) is 5.67. The van der Waals surface area contributed by atoms with Gasteiger partial charge < -0.3 is 15.1 Å². The van der Waals surface area contributed by atoms with E-state index in [0.29, 0.717) is 0 Å². The Hall–Kier alpha value is -1.10. The molecule has 0 radical (unpaired) electrons.